The second-order valence-corrected chi connectivity index (χ2v) is 10.7. The summed E-state index contributed by atoms with van der Waals surface area (Å²) in [7, 11) is 0. The summed E-state index contributed by atoms with van der Waals surface area (Å²) in [6.07, 6.45) is -7.76. The van der Waals surface area contributed by atoms with Gasteiger partial charge in [0.1, 0.15) is 35.8 Å². The van der Waals surface area contributed by atoms with E-state index in [0.29, 0.717) is 23.6 Å². The first-order valence-electron chi connectivity index (χ1n) is 13.5. The molecule has 1 fully saturated rings. The second kappa shape index (κ2) is 11.2. The fourth-order valence-electron chi connectivity index (χ4n) is 5.87. The van der Waals surface area contributed by atoms with Crippen molar-refractivity contribution in [1.29, 1.82) is 0 Å². The molecular formula is C30H22F8N4O2. The molecule has 1 saturated carbocycles. The Bertz CT molecular complexity index is 1690. The zero-order valence-corrected chi connectivity index (χ0v) is 22.5. The second-order valence-electron chi connectivity index (χ2n) is 10.7. The highest BCUT2D eigenvalue weighted by Crippen LogP contribution is 2.64. The summed E-state index contributed by atoms with van der Waals surface area (Å²) in [5.74, 6) is -3.76. The third-order valence-corrected chi connectivity index (χ3v) is 7.67. The zero-order chi connectivity index (χ0) is 31.3. The van der Waals surface area contributed by atoms with Gasteiger partial charge in [-0.15, -0.1) is 13.2 Å². The van der Waals surface area contributed by atoms with Gasteiger partial charge in [0.15, 0.2) is 0 Å². The molecule has 6 nitrogen and oxygen atoms in total. The van der Waals surface area contributed by atoms with Crippen molar-refractivity contribution in [2.24, 2.45) is 5.92 Å². The van der Waals surface area contributed by atoms with Crippen molar-refractivity contribution in [3.05, 3.63) is 101 Å². The lowest BCUT2D eigenvalue weighted by molar-refractivity contribution is -0.274. The smallest absolute Gasteiger partial charge is 0.406 e. The predicted molar refractivity (Wildman–Crippen MR) is 139 cm³/mol. The molecule has 3 unspecified atom stereocenters. The average molecular weight is 623 g/mol. The molecule has 2 aromatic carbocycles. The number of rotatable bonds is 9. The molecule has 4 atom stereocenters. The topological polar surface area (TPSA) is 69.0 Å². The van der Waals surface area contributed by atoms with Gasteiger partial charge in [-0.1, -0.05) is 18.2 Å². The van der Waals surface area contributed by atoms with Crippen LogP contribution in [-0.2, 0) is 17.8 Å². The van der Waals surface area contributed by atoms with Crippen LogP contribution in [0, 0.1) is 17.6 Å². The SMILES string of the molecule is O=C(Cn1nc(C(F)F)c2c1C(F)C1CC21)N[C@@H](Cc1cc(F)cc(F)c1)c1ncccc1-c1ccc(OC(F)(F)F)cc1. The van der Waals surface area contributed by atoms with Gasteiger partial charge >= 0.3 is 6.36 Å². The van der Waals surface area contributed by atoms with Crippen LogP contribution < -0.4 is 10.1 Å². The van der Waals surface area contributed by atoms with Crippen molar-refractivity contribution in [1.82, 2.24) is 20.1 Å². The number of alkyl halides is 6. The van der Waals surface area contributed by atoms with Crippen molar-refractivity contribution in [2.75, 3.05) is 0 Å². The van der Waals surface area contributed by atoms with Crippen LogP contribution in [-0.4, -0.2) is 27.0 Å². The van der Waals surface area contributed by atoms with Gasteiger partial charge in [0, 0.05) is 29.3 Å². The number of ether oxygens (including phenoxy) is 1. The molecule has 0 radical (unpaired) electrons. The summed E-state index contributed by atoms with van der Waals surface area (Å²) in [6, 6.07) is 9.71. The summed E-state index contributed by atoms with van der Waals surface area (Å²) in [5.41, 5.74) is 0.621. The summed E-state index contributed by atoms with van der Waals surface area (Å²) < 4.78 is 113. The Balaban J connectivity index is 1.32. The van der Waals surface area contributed by atoms with E-state index in [9.17, 15) is 35.5 Å². The number of hydrogen-bond donors (Lipinski definition) is 1. The van der Waals surface area contributed by atoms with Crippen molar-refractivity contribution in [2.45, 2.75) is 50.3 Å². The van der Waals surface area contributed by atoms with Crippen LogP contribution in [0.4, 0.5) is 35.1 Å². The number of halogens is 8. The molecular weight excluding hydrogens is 600 g/mol. The molecule has 1 N–H and O–H groups in total. The van der Waals surface area contributed by atoms with Gasteiger partial charge in [0.2, 0.25) is 5.91 Å². The van der Waals surface area contributed by atoms with E-state index in [1.807, 2.05) is 0 Å². The quantitative estimate of drug-likeness (QED) is 0.199. The lowest BCUT2D eigenvalue weighted by atomic mass is 9.95. The standard InChI is InChI=1S/C30H22F8N4O2/c31-16-8-14(9-17(32)11-16)10-22(26-19(2-1-7-39-26)15-3-5-18(6-4-15)44-30(36,37)38)40-23(43)13-42-28-24(27(41-42)29(34)35)20-12-21(20)25(28)33/h1-9,11,20-22,25,29H,10,12-13H2,(H,40,43)/t20?,21?,22-,25?/m0/s1. The minimum absolute atomic E-state index is 0.0554. The van der Waals surface area contributed by atoms with E-state index in [4.69, 9.17) is 0 Å². The molecule has 2 aliphatic carbocycles. The van der Waals surface area contributed by atoms with Gasteiger partial charge in [0.25, 0.3) is 6.43 Å². The van der Waals surface area contributed by atoms with Crippen molar-refractivity contribution in [3.63, 3.8) is 0 Å². The first kappa shape index (κ1) is 29.6. The number of pyridine rings is 1. The normalized spacial score (nSPS) is 19.4. The number of carbonyl (C=O) groups is 1. The summed E-state index contributed by atoms with van der Waals surface area (Å²) in [6.45, 7) is -0.616. The van der Waals surface area contributed by atoms with Crippen LogP contribution in [0.5, 0.6) is 5.75 Å². The maximum Gasteiger partial charge on any atom is 0.573 e. The number of amides is 1. The van der Waals surface area contributed by atoms with Gasteiger partial charge in [-0.2, -0.15) is 5.10 Å². The number of aromatic nitrogens is 3. The Morgan fingerprint density at radius 3 is 2.41 bits per heavy atom. The third-order valence-electron chi connectivity index (χ3n) is 7.67. The number of nitrogens with zero attached hydrogens (tertiary/aromatic N) is 3. The molecule has 1 amide bonds. The van der Waals surface area contributed by atoms with E-state index in [1.165, 1.54) is 18.3 Å². The van der Waals surface area contributed by atoms with Crippen LogP contribution >= 0.6 is 0 Å². The maximum atomic E-state index is 15.0. The first-order chi connectivity index (χ1) is 20.9. The number of carbonyl (C=O) groups excluding carboxylic acids is 1. The highest BCUT2D eigenvalue weighted by Gasteiger charge is 2.57. The molecule has 4 aromatic rings. The molecule has 0 aliphatic heterocycles. The van der Waals surface area contributed by atoms with Crippen LogP contribution in [0.1, 0.15) is 59.2 Å². The number of fused-ring (bicyclic) bond motifs is 3. The molecule has 2 heterocycles. The van der Waals surface area contributed by atoms with Gasteiger partial charge in [-0.05, 0) is 60.2 Å². The van der Waals surface area contributed by atoms with Crippen molar-refractivity contribution >= 4 is 5.91 Å². The van der Waals surface area contributed by atoms with E-state index >= 15 is 4.39 Å². The average Bonchev–Trinajstić information content (AvgIpc) is 3.56. The minimum Gasteiger partial charge on any atom is -0.406 e. The van der Waals surface area contributed by atoms with Crippen LogP contribution in [0.2, 0.25) is 0 Å². The molecule has 44 heavy (non-hydrogen) atoms. The molecule has 0 bridgehead atoms. The monoisotopic (exact) mass is 622 g/mol. The minimum atomic E-state index is -4.90. The van der Waals surface area contributed by atoms with Crippen LogP contribution in [0.3, 0.4) is 0 Å². The van der Waals surface area contributed by atoms with Gasteiger partial charge in [0.05, 0.1) is 17.4 Å². The number of hydrogen-bond acceptors (Lipinski definition) is 4. The Kier molecular flexibility index (Phi) is 7.54. The third kappa shape index (κ3) is 5.97. The highest BCUT2D eigenvalue weighted by molar-refractivity contribution is 5.77. The predicted octanol–water partition coefficient (Wildman–Crippen LogP) is 7.29. The summed E-state index contributed by atoms with van der Waals surface area (Å²) in [5, 5.41) is 6.54. The first-order valence-corrected chi connectivity index (χ1v) is 13.5. The Labute approximate surface area is 244 Å². The van der Waals surface area contributed by atoms with Crippen LogP contribution in [0.15, 0.2) is 60.8 Å². The molecule has 0 saturated heterocycles. The van der Waals surface area contributed by atoms with Gasteiger partial charge < -0.3 is 10.1 Å². The molecule has 0 spiro atoms. The van der Waals surface area contributed by atoms with Gasteiger partial charge in [-0.3, -0.25) is 14.5 Å². The molecule has 14 heteroatoms. The van der Waals surface area contributed by atoms with Gasteiger partial charge in [-0.25, -0.2) is 22.0 Å². The maximum absolute atomic E-state index is 15.0. The van der Waals surface area contributed by atoms with E-state index in [0.717, 1.165) is 28.9 Å². The highest BCUT2D eigenvalue weighted by atomic mass is 19.4. The largest absolute Gasteiger partial charge is 0.573 e. The lowest BCUT2D eigenvalue weighted by Crippen LogP contribution is -2.34. The fourth-order valence-corrected chi connectivity index (χ4v) is 5.87. The number of benzene rings is 2. The lowest BCUT2D eigenvalue weighted by Gasteiger charge is -2.22. The number of nitrogens with one attached hydrogen (secondary N) is 1. The van der Waals surface area contributed by atoms with Crippen molar-refractivity contribution < 1.29 is 44.7 Å². The molecule has 6 rings (SSSR count). The Morgan fingerprint density at radius 2 is 1.75 bits per heavy atom. The Hall–Kier alpha value is -4.49. The van der Waals surface area contributed by atoms with E-state index < -0.39 is 66.4 Å². The molecule has 2 aromatic heterocycles. The van der Waals surface area contributed by atoms with E-state index in [2.05, 4.69) is 20.1 Å². The summed E-state index contributed by atoms with van der Waals surface area (Å²) in [4.78, 5) is 17.7. The van der Waals surface area contributed by atoms with E-state index in [1.54, 1.807) is 12.1 Å². The fraction of sp³-hybridized carbons (Fsp3) is 0.300. The molecule has 230 valence electrons. The molecule has 2 aliphatic rings. The Morgan fingerprint density at radius 1 is 1.05 bits per heavy atom. The zero-order valence-electron chi connectivity index (χ0n) is 22.5. The summed E-state index contributed by atoms with van der Waals surface area (Å²) >= 11 is 0. The van der Waals surface area contributed by atoms with Crippen molar-refractivity contribution in [3.8, 4) is 16.9 Å². The van der Waals surface area contributed by atoms with Crippen LogP contribution in [0.25, 0.3) is 11.1 Å². The van der Waals surface area contributed by atoms with E-state index in [-0.39, 0.29) is 34.9 Å².